The summed E-state index contributed by atoms with van der Waals surface area (Å²) < 4.78 is 10.6. The minimum Gasteiger partial charge on any atom is -0.494 e. The number of esters is 1. The zero-order valence-electron chi connectivity index (χ0n) is 17.4. The Bertz CT molecular complexity index is 996. The van der Waals surface area contributed by atoms with E-state index in [2.05, 4.69) is 10.3 Å². The minimum absolute atomic E-state index is 0.166. The molecule has 0 radical (unpaired) electrons. The topological polar surface area (TPSA) is 80.4 Å². The van der Waals surface area contributed by atoms with Gasteiger partial charge in [-0.1, -0.05) is 30.3 Å². The maximum atomic E-state index is 12.4. The molecule has 0 aliphatic rings. The maximum absolute atomic E-state index is 12.4. The fraction of sp³-hybridized carbons (Fsp3) is 0.333. The molecular formula is C24H28N2O4. The second kappa shape index (κ2) is 10.5. The average molecular weight is 408 g/mol. The predicted octanol–water partition coefficient (Wildman–Crippen LogP) is 3.93. The predicted molar refractivity (Wildman–Crippen MR) is 116 cm³/mol. The van der Waals surface area contributed by atoms with Gasteiger partial charge in [0.1, 0.15) is 11.8 Å². The summed E-state index contributed by atoms with van der Waals surface area (Å²) in [6, 6.07) is 15.0. The summed E-state index contributed by atoms with van der Waals surface area (Å²) in [5.41, 5.74) is 3.11. The molecule has 6 heteroatoms. The third kappa shape index (κ3) is 5.86. The van der Waals surface area contributed by atoms with Gasteiger partial charge in [0, 0.05) is 29.9 Å². The van der Waals surface area contributed by atoms with Gasteiger partial charge >= 0.3 is 5.97 Å². The number of aromatic amines is 1. The van der Waals surface area contributed by atoms with E-state index in [9.17, 15) is 9.59 Å². The highest BCUT2D eigenvalue weighted by Crippen LogP contribution is 2.19. The van der Waals surface area contributed by atoms with Gasteiger partial charge in [-0.15, -0.1) is 0 Å². The lowest BCUT2D eigenvalue weighted by molar-refractivity contribution is -0.145. The molecule has 0 unspecified atom stereocenters. The SMILES string of the molecule is COC(=O)[C@@H](Cc1c[nH]c2ccccc12)NC(=O)CCCCOc1cccc(C)c1. The molecule has 0 aliphatic heterocycles. The van der Waals surface area contributed by atoms with Gasteiger partial charge in [0.25, 0.3) is 0 Å². The number of carbonyl (C=O) groups excluding carboxylic acids is 2. The molecule has 0 spiro atoms. The van der Waals surface area contributed by atoms with Gasteiger partial charge in [-0.3, -0.25) is 4.79 Å². The van der Waals surface area contributed by atoms with Crippen LogP contribution in [0.4, 0.5) is 0 Å². The normalized spacial score (nSPS) is 11.8. The van der Waals surface area contributed by atoms with E-state index in [1.54, 1.807) is 0 Å². The number of methoxy groups -OCH3 is 1. The smallest absolute Gasteiger partial charge is 0.328 e. The van der Waals surface area contributed by atoms with Crippen molar-refractivity contribution in [2.75, 3.05) is 13.7 Å². The molecule has 30 heavy (non-hydrogen) atoms. The van der Waals surface area contributed by atoms with Crippen LogP contribution in [0.25, 0.3) is 10.9 Å². The number of aromatic nitrogens is 1. The Hall–Kier alpha value is -3.28. The van der Waals surface area contributed by atoms with Crippen molar-refractivity contribution in [3.63, 3.8) is 0 Å². The zero-order valence-corrected chi connectivity index (χ0v) is 17.4. The standard InChI is InChI=1S/C24H28N2O4/c1-17-8-7-9-19(14-17)30-13-6-5-12-23(27)26-22(24(28)29-2)15-18-16-25-21-11-4-3-10-20(18)21/h3-4,7-11,14,16,22,25H,5-6,12-13,15H2,1-2H3,(H,26,27)/t22-/m1/s1. The number of unbranched alkanes of at least 4 members (excludes halogenated alkanes) is 1. The Kier molecular flexibility index (Phi) is 7.49. The van der Waals surface area contributed by atoms with Crippen molar-refractivity contribution in [1.29, 1.82) is 0 Å². The van der Waals surface area contributed by atoms with Gasteiger partial charge in [-0.2, -0.15) is 0 Å². The first-order chi connectivity index (χ1) is 14.6. The molecule has 0 saturated heterocycles. The largest absolute Gasteiger partial charge is 0.494 e. The van der Waals surface area contributed by atoms with E-state index >= 15 is 0 Å². The van der Waals surface area contributed by atoms with Crippen LogP contribution in [0.3, 0.4) is 0 Å². The number of H-pyrrole nitrogens is 1. The van der Waals surface area contributed by atoms with E-state index in [-0.39, 0.29) is 5.91 Å². The van der Waals surface area contributed by atoms with Gasteiger partial charge in [-0.05, 0) is 49.1 Å². The van der Waals surface area contributed by atoms with Crippen molar-refractivity contribution < 1.29 is 19.1 Å². The van der Waals surface area contributed by atoms with Crippen molar-refractivity contribution in [3.05, 3.63) is 65.9 Å². The molecule has 1 atom stereocenters. The van der Waals surface area contributed by atoms with E-state index < -0.39 is 12.0 Å². The molecule has 0 bridgehead atoms. The number of benzene rings is 2. The number of aryl methyl sites for hydroxylation is 1. The van der Waals surface area contributed by atoms with Gasteiger partial charge in [0.15, 0.2) is 0 Å². The molecule has 0 aliphatic carbocycles. The molecule has 3 rings (SSSR count). The van der Waals surface area contributed by atoms with Gasteiger partial charge in [0.05, 0.1) is 13.7 Å². The Morgan fingerprint density at radius 3 is 2.73 bits per heavy atom. The molecule has 158 valence electrons. The summed E-state index contributed by atoms with van der Waals surface area (Å²) in [5, 5.41) is 3.85. The third-order valence-corrected chi connectivity index (χ3v) is 4.98. The Labute approximate surface area is 176 Å². The summed E-state index contributed by atoms with van der Waals surface area (Å²) in [6.45, 7) is 2.57. The lowest BCUT2D eigenvalue weighted by Gasteiger charge is -2.16. The molecule has 1 heterocycles. The lowest BCUT2D eigenvalue weighted by Crippen LogP contribution is -2.43. The number of carbonyl (C=O) groups is 2. The first kappa shape index (κ1) is 21.4. The van der Waals surface area contributed by atoms with Crippen molar-refractivity contribution in [1.82, 2.24) is 10.3 Å². The summed E-state index contributed by atoms with van der Waals surface area (Å²) in [5.74, 6) is 0.223. The number of ether oxygens (including phenoxy) is 2. The number of amides is 1. The van der Waals surface area contributed by atoms with Crippen LogP contribution < -0.4 is 10.1 Å². The molecular weight excluding hydrogens is 380 g/mol. The van der Waals surface area contributed by atoms with Gasteiger partial charge < -0.3 is 19.8 Å². The number of fused-ring (bicyclic) bond motifs is 1. The monoisotopic (exact) mass is 408 g/mol. The van der Waals surface area contributed by atoms with Gasteiger partial charge in [-0.25, -0.2) is 4.79 Å². The highest BCUT2D eigenvalue weighted by Gasteiger charge is 2.23. The van der Waals surface area contributed by atoms with Crippen molar-refractivity contribution >= 4 is 22.8 Å². The van der Waals surface area contributed by atoms with E-state index in [1.165, 1.54) is 7.11 Å². The zero-order chi connectivity index (χ0) is 21.3. The number of hydrogen-bond donors (Lipinski definition) is 2. The second-order valence-electron chi connectivity index (χ2n) is 7.33. The molecule has 3 aromatic rings. The molecule has 1 aromatic heterocycles. The minimum atomic E-state index is -0.717. The van der Waals surface area contributed by atoms with E-state index in [1.807, 2.05) is 61.7 Å². The molecule has 2 aromatic carbocycles. The maximum Gasteiger partial charge on any atom is 0.328 e. The Morgan fingerprint density at radius 2 is 1.93 bits per heavy atom. The molecule has 1 amide bonds. The number of nitrogens with one attached hydrogen (secondary N) is 2. The molecule has 2 N–H and O–H groups in total. The second-order valence-corrected chi connectivity index (χ2v) is 7.33. The number of para-hydroxylation sites is 1. The van der Waals surface area contributed by atoms with Crippen LogP contribution in [-0.2, 0) is 20.7 Å². The van der Waals surface area contributed by atoms with Crippen molar-refractivity contribution in [2.45, 2.75) is 38.6 Å². The van der Waals surface area contributed by atoms with Crippen LogP contribution in [0.5, 0.6) is 5.75 Å². The quantitative estimate of drug-likeness (QED) is 0.394. The van der Waals surface area contributed by atoms with Crippen LogP contribution in [-0.4, -0.2) is 36.6 Å². The molecule has 6 nitrogen and oxygen atoms in total. The lowest BCUT2D eigenvalue weighted by atomic mass is 10.0. The summed E-state index contributed by atoms with van der Waals surface area (Å²) in [6.07, 6.45) is 4.01. The summed E-state index contributed by atoms with van der Waals surface area (Å²) in [4.78, 5) is 27.8. The fourth-order valence-corrected chi connectivity index (χ4v) is 3.41. The van der Waals surface area contributed by atoms with Crippen molar-refractivity contribution in [3.8, 4) is 5.75 Å². The van der Waals surface area contributed by atoms with Crippen LogP contribution >= 0.6 is 0 Å². The van der Waals surface area contributed by atoms with Crippen molar-refractivity contribution in [2.24, 2.45) is 0 Å². The van der Waals surface area contributed by atoms with E-state index in [4.69, 9.17) is 9.47 Å². The molecule has 0 saturated carbocycles. The Morgan fingerprint density at radius 1 is 1.10 bits per heavy atom. The number of rotatable bonds is 10. The summed E-state index contributed by atoms with van der Waals surface area (Å²) in [7, 11) is 1.33. The average Bonchev–Trinajstić information content (AvgIpc) is 3.15. The number of hydrogen-bond acceptors (Lipinski definition) is 4. The Balaban J connectivity index is 1.47. The van der Waals surface area contributed by atoms with E-state index in [0.717, 1.165) is 34.2 Å². The van der Waals surface area contributed by atoms with E-state index in [0.29, 0.717) is 25.9 Å². The fourth-order valence-electron chi connectivity index (χ4n) is 3.41. The first-order valence-corrected chi connectivity index (χ1v) is 10.2. The highest BCUT2D eigenvalue weighted by atomic mass is 16.5. The van der Waals surface area contributed by atoms with Gasteiger partial charge in [0.2, 0.25) is 5.91 Å². The van der Waals surface area contributed by atoms with Crippen LogP contribution in [0.1, 0.15) is 30.4 Å². The highest BCUT2D eigenvalue weighted by molar-refractivity contribution is 5.87. The summed E-state index contributed by atoms with van der Waals surface area (Å²) >= 11 is 0. The van der Waals surface area contributed by atoms with Crippen LogP contribution in [0.15, 0.2) is 54.7 Å². The first-order valence-electron chi connectivity index (χ1n) is 10.2. The van der Waals surface area contributed by atoms with Crippen LogP contribution in [0.2, 0.25) is 0 Å². The van der Waals surface area contributed by atoms with Crippen LogP contribution in [0, 0.1) is 6.92 Å². The molecule has 0 fully saturated rings. The third-order valence-electron chi connectivity index (χ3n) is 4.98.